The predicted octanol–water partition coefficient (Wildman–Crippen LogP) is 2.90. The van der Waals surface area contributed by atoms with Crippen LogP contribution in [0.1, 0.15) is 31.4 Å². The number of anilines is 3. The summed E-state index contributed by atoms with van der Waals surface area (Å²) in [6.45, 7) is 1.93. The van der Waals surface area contributed by atoms with Crippen LogP contribution in [0, 0.1) is 0 Å². The highest BCUT2D eigenvalue weighted by molar-refractivity contribution is 5.59. The Labute approximate surface area is 135 Å². The van der Waals surface area contributed by atoms with Crippen molar-refractivity contribution < 1.29 is 9.84 Å². The van der Waals surface area contributed by atoms with Crippen LogP contribution < -0.4 is 15.4 Å². The van der Waals surface area contributed by atoms with Gasteiger partial charge >= 0.3 is 0 Å². The maximum absolute atomic E-state index is 9.20. The molecule has 1 saturated carbocycles. The molecule has 1 aromatic carbocycles. The highest BCUT2D eigenvalue weighted by atomic mass is 16.5. The van der Waals surface area contributed by atoms with Crippen LogP contribution in [0.5, 0.6) is 5.75 Å². The van der Waals surface area contributed by atoms with E-state index in [1.54, 1.807) is 7.11 Å². The summed E-state index contributed by atoms with van der Waals surface area (Å²) in [6.07, 6.45) is 2.34. The third-order valence-corrected chi connectivity index (χ3v) is 3.73. The third kappa shape index (κ3) is 4.10. The van der Waals surface area contributed by atoms with Gasteiger partial charge in [0.15, 0.2) is 0 Å². The topological polar surface area (TPSA) is 79.3 Å². The summed E-state index contributed by atoms with van der Waals surface area (Å²) in [6, 6.07) is 9.61. The van der Waals surface area contributed by atoms with Gasteiger partial charge in [0.2, 0.25) is 5.95 Å². The van der Waals surface area contributed by atoms with Gasteiger partial charge in [0, 0.05) is 29.8 Å². The molecular formula is C17H22N4O2. The summed E-state index contributed by atoms with van der Waals surface area (Å²) in [7, 11) is 1.65. The van der Waals surface area contributed by atoms with Gasteiger partial charge in [0.1, 0.15) is 11.6 Å². The smallest absolute Gasteiger partial charge is 0.225 e. The second-order valence-corrected chi connectivity index (χ2v) is 5.86. The van der Waals surface area contributed by atoms with Crippen LogP contribution in [0.15, 0.2) is 30.3 Å². The van der Waals surface area contributed by atoms with Crippen LogP contribution >= 0.6 is 0 Å². The molecule has 3 rings (SSSR count). The lowest BCUT2D eigenvalue weighted by atomic mass is 10.2. The first-order chi connectivity index (χ1) is 11.2. The lowest BCUT2D eigenvalue weighted by Gasteiger charge is -2.14. The number of hydrogen-bond acceptors (Lipinski definition) is 6. The van der Waals surface area contributed by atoms with Crippen molar-refractivity contribution in [2.24, 2.45) is 0 Å². The molecule has 1 atom stereocenters. The summed E-state index contributed by atoms with van der Waals surface area (Å²) in [4.78, 5) is 9.06. The summed E-state index contributed by atoms with van der Waals surface area (Å²) in [5, 5.41) is 15.6. The maximum Gasteiger partial charge on any atom is 0.225 e. The first-order valence-electron chi connectivity index (χ1n) is 7.85. The number of aliphatic hydroxyl groups excluding tert-OH is 1. The van der Waals surface area contributed by atoms with Crippen molar-refractivity contribution in [1.82, 2.24) is 9.97 Å². The standard InChI is InChI=1S/C17H22N4O2/c1-11(10-22)18-17-20-15(12-6-7-12)9-16(21-17)19-13-4-3-5-14(8-13)23-2/h3-5,8-9,11-12,22H,6-7,10H2,1-2H3,(H2,18,19,20,21)/t11-/m0/s1. The van der Waals surface area contributed by atoms with E-state index in [1.165, 1.54) is 12.8 Å². The van der Waals surface area contributed by atoms with Crippen molar-refractivity contribution in [2.75, 3.05) is 24.4 Å². The number of ether oxygens (including phenoxy) is 1. The van der Waals surface area contributed by atoms with Crippen LogP contribution in [0.4, 0.5) is 17.5 Å². The molecule has 6 nitrogen and oxygen atoms in total. The fraction of sp³-hybridized carbons (Fsp3) is 0.412. The molecule has 122 valence electrons. The number of nitrogens with one attached hydrogen (secondary N) is 2. The molecule has 6 heteroatoms. The number of aliphatic hydroxyl groups is 1. The van der Waals surface area contributed by atoms with Gasteiger partial charge in [0.25, 0.3) is 0 Å². The van der Waals surface area contributed by atoms with Gasteiger partial charge < -0.3 is 20.5 Å². The van der Waals surface area contributed by atoms with Crippen molar-refractivity contribution >= 4 is 17.5 Å². The molecule has 1 fully saturated rings. The van der Waals surface area contributed by atoms with Crippen LogP contribution in [0.2, 0.25) is 0 Å². The Morgan fingerprint density at radius 2 is 2.13 bits per heavy atom. The van der Waals surface area contributed by atoms with Crippen LogP contribution in [0.25, 0.3) is 0 Å². The first-order valence-corrected chi connectivity index (χ1v) is 7.85. The minimum atomic E-state index is -0.0888. The quantitative estimate of drug-likeness (QED) is 0.729. The average molecular weight is 314 g/mol. The summed E-state index contributed by atoms with van der Waals surface area (Å²) < 4.78 is 5.24. The van der Waals surface area contributed by atoms with E-state index in [0.717, 1.165) is 22.9 Å². The van der Waals surface area contributed by atoms with Crippen molar-refractivity contribution in [3.8, 4) is 5.75 Å². The zero-order valence-electron chi connectivity index (χ0n) is 13.4. The largest absolute Gasteiger partial charge is 0.497 e. The van der Waals surface area contributed by atoms with Crippen molar-refractivity contribution in [3.05, 3.63) is 36.0 Å². The first kappa shape index (κ1) is 15.6. The van der Waals surface area contributed by atoms with Gasteiger partial charge in [-0.05, 0) is 31.9 Å². The fourth-order valence-corrected chi connectivity index (χ4v) is 2.30. The lowest BCUT2D eigenvalue weighted by molar-refractivity contribution is 0.281. The molecule has 23 heavy (non-hydrogen) atoms. The van der Waals surface area contributed by atoms with Gasteiger partial charge in [-0.2, -0.15) is 4.98 Å². The third-order valence-electron chi connectivity index (χ3n) is 3.73. The predicted molar refractivity (Wildman–Crippen MR) is 90.5 cm³/mol. The molecular weight excluding hydrogens is 292 g/mol. The van der Waals surface area contributed by atoms with E-state index in [9.17, 15) is 5.11 Å². The molecule has 0 saturated heterocycles. The minimum Gasteiger partial charge on any atom is -0.497 e. The van der Waals surface area contributed by atoms with E-state index in [4.69, 9.17) is 4.74 Å². The van der Waals surface area contributed by atoms with Crippen molar-refractivity contribution in [1.29, 1.82) is 0 Å². The molecule has 0 spiro atoms. The number of hydrogen-bond donors (Lipinski definition) is 3. The Bertz CT molecular complexity index is 673. The zero-order chi connectivity index (χ0) is 16.2. The molecule has 0 bridgehead atoms. The molecule has 0 radical (unpaired) electrons. The van der Waals surface area contributed by atoms with Crippen LogP contribution in [-0.2, 0) is 0 Å². The number of rotatable bonds is 7. The fourth-order valence-electron chi connectivity index (χ4n) is 2.30. The number of aromatic nitrogens is 2. The van der Waals surface area contributed by atoms with E-state index in [2.05, 4.69) is 20.6 Å². The Kier molecular flexibility index (Phi) is 4.62. The summed E-state index contributed by atoms with van der Waals surface area (Å²) in [5.74, 6) is 2.59. The van der Waals surface area contributed by atoms with E-state index < -0.39 is 0 Å². The molecule has 1 heterocycles. The van der Waals surface area contributed by atoms with Crippen LogP contribution in [0.3, 0.4) is 0 Å². The molecule has 2 aromatic rings. The van der Waals surface area contributed by atoms with Crippen molar-refractivity contribution in [3.63, 3.8) is 0 Å². The highest BCUT2D eigenvalue weighted by Crippen LogP contribution is 2.40. The average Bonchev–Trinajstić information content (AvgIpc) is 3.39. The van der Waals surface area contributed by atoms with E-state index in [0.29, 0.717) is 11.9 Å². The van der Waals surface area contributed by atoms with Crippen molar-refractivity contribution in [2.45, 2.75) is 31.7 Å². The summed E-state index contributed by atoms with van der Waals surface area (Å²) in [5.41, 5.74) is 1.95. The monoisotopic (exact) mass is 314 g/mol. The van der Waals surface area contributed by atoms with E-state index in [1.807, 2.05) is 37.3 Å². The second-order valence-electron chi connectivity index (χ2n) is 5.86. The molecule has 1 aromatic heterocycles. The van der Waals surface area contributed by atoms with Crippen LogP contribution in [-0.4, -0.2) is 34.8 Å². The van der Waals surface area contributed by atoms with Gasteiger partial charge in [-0.3, -0.25) is 0 Å². The maximum atomic E-state index is 9.20. The van der Waals surface area contributed by atoms with Gasteiger partial charge in [-0.15, -0.1) is 0 Å². The Morgan fingerprint density at radius 1 is 1.30 bits per heavy atom. The molecule has 3 N–H and O–H groups in total. The zero-order valence-corrected chi connectivity index (χ0v) is 13.4. The highest BCUT2D eigenvalue weighted by Gasteiger charge is 2.26. The van der Waals surface area contributed by atoms with E-state index >= 15 is 0 Å². The Morgan fingerprint density at radius 3 is 2.83 bits per heavy atom. The Hall–Kier alpha value is -2.34. The number of benzene rings is 1. The number of nitrogens with zero attached hydrogens (tertiary/aromatic N) is 2. The normalized spacial score (nSPS) is 15.1. The lowest BCUT2D eigenvalue weighted by Crippen LogP contribution is -2.21. The molecule has 1 aliphatic carbocycles. The minimum absolute atomic E-state index is 0.0374. The molecule has 0 aliphatic heterocycles. The number of methoxy groups -OCH3 is 1. The SMILES string of the molecule is COc1cccc(Nc2cc(C3CC3)nc(N[C@@H](C)CO)n2)c1. The second kappa shape index (κ2) is 6.83. The van der Waals surface area contributed by atoms with E-state index in [-0.39, 0.29) is 12.6 Å². The molecule has 0 unspecified atom stereocenters. The van der Waals surface area contributed by atoms with Gasteiger partial charge in [0.05, 0.1) is 19.4 Å². The molecule has 0 amide bonds. The van der Waals surface area contributed by atoms with Gasteiger partial charge in [-0.1, -0.05) is 6.07 Å². The Balaban J connectivity index is 1.84. The summed E-state index contributed by atoms with van der Waals surface area (Å²) >= 11 is 0. The van der Waals surface area contributed by atoms with Gasteiger partial charge in [-0.25, -0.2) is 4.98 Å². The molecule has 1 aliphatic rings.